The van der Waals surface area contributed by atoms with Crippen LogP contribution in [0.5, 0.6) is 0 Å². The first-order valence-corrected chi connectivity index (χ1v) is 12.7. The Balaban J connectivity index is 0.000000485. The Labute approximate surface area is 271 Å². The summed E-state index contributed by atoms with van der Waals surface area (Å²) in [5, 5.41) is 0. The molecule has 0 aliphatic rings. The molecule has 0 saturated heterocycles. The molecule has 0 aliphatic heterocycles. The minimum Gasteiger partial charge on any atom is -0.0776 e. The summed E-state index contributed by atoms with van der Waals surface area (Å²) in [4.78, 5) is 0. The fourth-order valence-corrected chi connectivity index (χ4v) is 3.94. The van der Waals surface area contributed by atoms with Crippen LogP contribution in [0.25, 0.3) is 22.3 Å². The molecule has 0 bridgehead atoms. The maximum absolute atomic E-state index is 8.38. The van der Waals surface area contributed by atoms with Gasteiger partial charge in [-0.1, -0.05) is 136 Å². The van der Waals surface area contributed by atoms with Crippen molar-refractivity contribution >= 4 is 0 Å². The first-order valence-electron chi connectivity index (χ1n) is 19.7. The van der Waals surface area contributed by atoms with Gasteiger partial charge in [0.05, 0.1) is 12.3 Å². The van der Waals surface area contributed by atoms with Gasteiger partial charge in [0.15, 0.2) is 0 Å². The highest BCUT2D eigenvalue weighted by Gasteiger charge is 2.07. The van der Waals surface area contributed by atoms with Gasteiger partial charge in [0, 0.05) is 6.85 Å². The highest BCUT2D eigenvalue weighted by molar-refractivity contribution is 5.78. The topological polar surface area (TPSA) is 0 Å². The summed E-state index contributed by atoms with van der Waals surface area (Å²) in [7, 11) is 0. The second-order valence-electron chi connectivity index (χ2n) is 9.22. The molecule has 0 heterocycles. The highest BCUT2D eigenvalue weighted by Crippen LogP contribution is 2.31. The van der Waals surface area contributed by atoms with Crippen LogP contribution in [-0.2, 0) is 6.37 Å². The number of hydrogen-bond acceptors (Lipinski definition) is 0. The van der Waals surface area contributed by atoms with Crippen molar-refractivity contribution in [2.45, 2.75) is 76.5 Å². The monoisotopic (exact) mass is 558 g/mol. The molecule has 0 unspecified atom stereocenters. The van der Waals surface area contributed by atoms with Crippen LogP contribution in [0.15, 0.2) is 109 Å². The third kappa shape index (κ3) is 9.61. The summed E-state index contributed by atoms with van der Waals surface area (Å²) in [6.07, 6.45) is -1.51. The second-order valence-corrected chi connectivity index (χ2v) is 9.22. The van der Waals surface area contributed by atoms with Crippen LogP contribution in [0.3, 0.4) is 0 Å². The maximum Gasteiger partial charge on any atom is 0.0632 e. The summed E-state index contributed by atoms with van der Waals surface area (Å²) in [5.74, 6) is 0. The predicted molar refractivity (Wildman–Crippen MR) is 186 cm³/mol. The van der Waals surface area contributed by atoms with Crippen molar-refractivity contribution in [1.29, 1.82) is 0 Å². The van der Waals surface area contributed by atoms with Crippen LogP contribution in [0.4, 0.5) is 0 Å². The van der Waals surface area contributed by atoms with Gasteiger partial charge in [0.1, 0.15) is 0 Å². The molecule has 0 fully saturated rings. The average molecular weight is 559 g/mol. The molecule has 0 amide bonds. The lowest BCUT2D eigenvalue weighted by molar-refractivity contribution is 1.09. The lowest BCUT2D eigenvalue weighted by atomic mass is 9.92. The van der Waals surface area contributed by atoms with Gasteiger partial charge in [0.25, 0.3) is 0 Å². The molecule has 0 radical (unpaired) electrons. The quantitative estimate of drug-likeness (QED) is 0.206. The lowest BCUT2D eigenvalue weighted by Crippen LogP contribution is -1.88. The van der Waals surface area contributed by atoms with Crippen LogP contribution < -0.4 is 0 Å². The Bertz CT molecular complexity index is 1960. The fourth-order valence-electron chi connectivity index (χ4n) is 3.94. The van der Waals surface area contributed by atoms with E-state index in [1.54, 1.807) is 51.1 Å². The molecule has 0 N–H and O–H groups in total. The number of benzene rings is 5. The smallest absolute Gasteiger partial charge is 0.0632 e. The van der Waals surface area contributed by atoms with Crippen molar-refractivity contribution in [2.75, 3.05) is 0 Å². The van der Waals surface area contributed by atoms with E-state index in [4.69, 9.17) is 19.2 Å². The molecule has 5 rings (SSSR count). The first kappa shape index (κ1) is 18.5. The fraction of sp³-hybridized carbons (Fsp3) is 0.268. The molecular weight excluding hydrogens is 492 g/mol. The molecule has 0 aliphatic carbocycles. The van der Waals surface area contributed by atoms with E-state index in [0.29, 0.717) is 27.8 Å². The molecule has 216 valence electrons. The Kier molecular flexibility index (Phi) is 7.69. The molecule has 0 spiro atoms. The number of hydrogen-bond donors (Lipinski definition) is 0. The number of rotatable bonds is 3. The van der Waals surface area contributed by atoms with Gasteiger partial charge in [-0.05, 0) is 116 Å². The van der Waals surface area contributed by atoms with Gasteiger partial charge >= 0.3 is 0 Å². The maximum atomic E-state index is 8.38. The molecular formula is C41H52. The predicted octanol–water partition coefficient (Wildman–Crippen LogP) is 12.4. The van der Waals surface area contributed by atoms with Gasteiger partial charge in [0.2, 0.25) is 0 Å². The van der Waals surface area contributed by atoms with E-state index in [2.05, 4.69) is 39.0 Å². The Morgan fingerprint density at radius 3 is 1.71 bits per heavy atom. The highest BCUT2D eigenvalue weighted by atomic mass is 14.1. The molecule has 0 nitrogen and oxygen atoms in total. The van der Waals surface area contributed by atoms with Gasteiger partial charge in [-0.2, -0.15) is 0 Å². The van der Waals surface area contributed by atoms with E-state index in [1.165, 1.54) is 29.7 Å². The molecule has 41 heavy (non-hydrogen) atoms. The van der Waals surface area contributed by atoms with Crippen LogP contribution in [0, 0.1) is 48.4 Å². The zero-order chi connectivity index (χ0) is 40.5. The normalized spacial score (nSPS) is 15.2. The molecule has 0 aromatic heterocycles. The van der Waals surface area contributed by atoms with Crippen LogP contribution in [0.2, 0.25) is 0 Å². The van der Waals surface area contributed by atoms with E-state index >= 15 is 0 Å². The summed E-state index contributed by atoms with van der Waals surface area (Å²) in [6, 6.07) is 13.3. The Morgan fingerprint density at radius 1 is 0.585 bits per heavy atom. The molecule has 0 atom stereocenters. The van der Waals surface area contributed by atoms with Gasteiger partial charge in [-0.3, -0.25) is 0 Å². The summed E-state index contributed by atoms with van der Waals surface area (Å²) >= 11 is 0. The zero-order valence-electron chi connectivity index (χ0n) is 37.7. The Morgan fingerprint density at radius 2 is 1.12 bits per heavy atom. The van der Waals surface area contributed by atoms with E-state index in [-0.39, 0.29) is 73.4 Å². The van der Waals surface area contributed by atoms with Crippen molar-refractivity contribution in [1.82, 2.24) is 0 Å². The van der Waals surface area contributed by atoms with E-state index in [0.717, 1.165) is 0 Å². The largest absolute Gasteiger partial charge is 0.0776 e. The third-order valence-corrected chi connectivity index (χ3v) is 6.60. The molecule has 5 aromatic rings. The van der Waals surface area contributed by atoms with Gasteiger partial charge in [-0.15, -0.1) is 0 Å². The zero-order valence-corrected chi connectivity index (χ0v) is 23.7. The van der Waals surface area contributed by atoms with Crippen molar-refractivity contribution in [3.8, 4) is 22.3 Å². The standard InChI is InChI=1S/C20H18.C10H14.C9H12.2CH4/c1-15-8-6-11-18(14-15)20-13-7-12-19(16(20)2)17-9-4-3-5-10-17;1-4-10-7-5-6-8(2)9(10)3;1-7-5-4-6-8(2)9(7)3;;/h3-14H,1-2H3;5-7H,4H2,1-3H3;4-6H,1-3H3;2*1H4/i3D,4D,5D,6D,8D,9D,10D,11D,14D;2D3,4D2;;;. The lowest BCUT2D eigenvalue weighted by Gasteiger charge is -2.12. The molecule has 0 saturated carbocycles. The third-order valence-electron chi connectivity index (χ3n) is 6.60. The molecule has 5 aromatic carbocycles. The molecule has 0 heteroatoms. The van der Waals surface area contributed by atoms with Crippen LogP contribution in [0.1, 0.15) is 85.5 Å². The van der Waals surface area contributed by atoms with Crippen LogP contribution >= 0.6 is 0 Å². The van der Waals surface area contributed by atoms with Crippen molar-refractivity contribution in [2.24, 2.45) is 0 Å². The number of aryl methyl sites for hydroxylation is 4. The summed E-state index contributed by atoms with van der Waals surface area (Å²) < 4.78 is 110. The summed E-state index contributed by atoms with van der Waals surface area (Å²) in [6.45, 7) is 10.6. The SMILES string of the molecule is C.C.Cc1cccc(C)c1C.[2H]C([2H])([2H])c1cccc(C([2H])([2H])C)c1C.[2H]c1c([2H])c([2H])c(-c2cccc(-c3c([2H])c([2H])c([2H])c(C)c3[2H])c2C)c([2H])c1[2H]. The van der Waals surface area contributed by atoms with Gasteiger partial charge < -0.3 is 0 Å². The van der Waals surface area contributed by atoms with E-state index in [1.807, 2.05) is 0 Å². The van der Waals surface area contributed by atoms with Crippen molar-refractivity contribution in [3.05, 3.63) is 153 Å². The first-order chi connectivity index (χ1) is 24.4. The average Bonchev–Trinajstić information content (AvgIpc) is 3.08. The van der Waals surface area contributed by atoms with E-state index in [9.17, 15) is 0 Å². The van der Waals surface area contributed by atoms with Crippen LogP contribution in [-0.4, -0.2) is 0 Å². The van der Waals surface area contributed by atoms with Crippen molar-refractivity contribution in [3.63, 3.8) is 0 Å². The van der Waals surface area contributed by atoms with Gasteiger partial charge in [-0.25, -0.2) is 0 Å². The van der Waals surface area contributed by atoms with Crippen molar-refractivity contribution < 1.29 is 19.2 Å². The summed E-state index contributed by atoms with van der Waals surface area (Å²) in [5.41, 5.74) is 7.29. The minimum atomic E-state index is -2.18. The minimum absolute atomic E-state index is 0. The Hall–Kier alpha value is -3.90. The second kappa shape index (κ2) is 17.0. The van der Waals surface area contributed by atoms with E-state index < -0.39 is 31.4 Å².